The Balaban J connectivity index is 1.70. The highest BCUT2D eigenvalue weighted by molar-refractivity contribution is 5.79. The summed E-state index contributed by atoms with van der Waals surface area (Å²) in [5.41, 5.74) is 0. The number of nitrogens with zero attached hydrogens (tertiary/aromatic N) is 5. The van der Waals surface area contributed by atoms with E-state index in [2.05, 4.69) is 37.5 Å². The summed E-state index contributed by atoms with van der Waals surface area (Å²) in [5.74, 6) is 2.44. The van der Waals surface area contributed by atoms with Crippen LogP contribution in [0.2, 0.25) is 0 Å². The summed E-state index contributed by atoms with van der Waals surface area (Å²) >= 11 is 0. The maximum Gasteiger partial charge on any atom is 0.191 e. The van der Waals surface area contributed by atoms with Crippen LogP contribution in [0.25, 0.3) is 0 Å². The molecule has 1 aliphatic rings. The number of likely N-dealkylation sites (tertiary alicyclic amines) is 1. The Morgan fingerprint density at radius 1 is 1.48 bits per heavy atom. The topological polar surface area (TPSA) is 70.4 Å². The van der Waals surface area contributed by atoms with Gasteiger partial charge in [-0.1, -0.05) is 6.92 Å². The van der Waals surface area contributed by atoms with Gasteiger partial charge in [-0.2, -0.15) is 5.10 Å². The molecule has 0 aromatic carbocycles. The quantitative estimate of drug-likeness (QED) is 0.580. The van der Waals surface area contributed by atoms with Gasteiger partial charge in [0.15, 0.2) is 5.96 Å². The number of aryl methyl sites for hydroxylation is 1. The number of hydrogen-bond acceptors (Lipinski definition) is 4. The molecule has 0 radical (unpaired) electrons. The lowest BCUT2D eigenvalue weighted by atomic mass is 10.1. The molecule has 0 bridgehead atoms. The van der Waals surface area contributed by atoms with Crippen LogP contribution in [0.5, 0.6) is 0 Å². The molecule has 1 aliphatic heterocycles. The van der Waals surface area contributed by atoms with Crippen molar-refractivity contribution in [1.29, 1.82) is 0 Å². The van der Waals surface area contributed by atoms with E-state index in [1.165, 1.54) is 32.5 Å². The van der Waals surface area contributed by atoms with Crippen molar-refractivity contribution >= 4 is 5.96 Å². The van der Waals surface area contributed by atoms with Crippen molar-refractivity contribution in [3.05, 3.63) is 12.2 Å². The van der Waals surface area contributed by atoms with E-state index in [-0.39, 0.29) is 0 Å². The van der Waals surface area contributed by atoms with Gasteiger partial charge in [-0.15, -0.1) is 0 Å². The molecule has 2 rings (SSSR count). The number of guanidine groups is 1. The number of aliphatic imine (C=N–C) groups is 1. The van der Waals surface area contributed by atoms with Gasteiger partial charge in [0.25, 0.3) is 0 Å². The van der Waals surface area contributed by atoms with Gasteiger partial charge < -0.3 is 15.5 Å². The molecule has 2 heterocycles. The van der Waals surface area contributed by atoms with Gasteiger partial charge in [0.2, 0.25) is 0 Å². The first-order valence-corrected chi connectivity index (χ1v) is 7.72. The van der Waals surface area contributed by atoms with E-state index in [9.17, 15) is 0 Å². The number of nitrogens with one attached hydrogen (secondary N) is 2. The van der Waals surface area contributed by atoms with Crippen LogP contribution >= 0.6 is 0 Å². The SMILES string of the molecule is CCCN1CCC(CNC(=NC)NCc2ncnn2C)C1. The van der Waals surface area contributed by atoms with Crippen LogP contribution in [-0.2, 0) is 13.6 Å². The maximum absolute atomic E-state index is 4.26. The second-order valence-electron chi connectivity index (χ2n) is 5.56. The fraction of sp³-hybridized carbons (Fsp3) is 0.786. The summed E-state index contributed by atoms with van der Waals surface area (Å²) in [7, 11) is 3.69. The zero-order valence-corrected chi connectivity index (χ0v) is 13.3. The summed E-state index contributed by atoms with van der Waals surface area (Å²) in [4.78, 5) is 11.0. The van der Waals surface area contributed by atoms with Crippen LogP contribution in [0.3, 0.4) is 0 Å². The molecular formula is C14H27N7. The van der Waals surface area contributed by atoms with E-state index in [4.69, 9.17) is 0 Å². The molecule has 0 spiro atoms. The summed E-state index contributed by atoms with van der Waals surface area (Å²) in [5, 5.41) is 10.7. The average Bonchev–Trinajstić information content (AvgIpc) is 3.09. The maximum atomic E-state index is 4.26. The van der Waals surface area contributed by atoms with Gasteiger partial charge in [-0.25, -0.2) is 4.98 Å². The lowest BCUT2D eigenvalue weighted by Crippen LogP contribution is -2.40. The van der Waals surface area contributed by atoms with Gasteiger partial charge in [0, 0.05) is 27.2 Å². The van der Waals surface area contributed by atoms with E-state index >= 15 is 0 Å². The van der Waals surface area contributed by atoms with Crippen molar-refractivity contribution < 1.29 is 0 Å². The highest BCUT2D eigenvalue weighted by Gasteiger charge is 2.21. The molecule has 1 fully saturated rings. The summed E-state index contributed by atoms with van der Waals surface area (Å²) in [6.45, 7) is 7.48. The van der Waals surface area contributed by atoms with Crippen LogP contribution in [0.4, 0.5) is 0 Å². The standard InChI is InChI=1S/C14H27N7/c1-4-6-21-7-5-12(10-21)8-16-14(15-2)17-9-13-18-11-19-20(13)3/h11-12H,4-10H2,1-3H3,(H2,15,16,17). The third-order valence-electron chi connectivity index (χ3n) is 3.91. The fourth-order valence-electron chi connectivity index (χ4n) is 2.70. The lowest BCUT2D eigenvalue weighted by Gasteiger charge is -2.16. The summed E-state index contributed by atoms with van der Waals surface area (Å²) in [6, 6.07) is 0. The Labute approximate surface area is 126 Å². The number of rotatable bonds is 6. The van der Waals surface area contributed by atoms with Crippen LogP contribution in [-0.4, -0.2) is 58.9 Å². The van der Waals surface area contributed by atoms with Crippen molar-refractivity contribution in [1.82, 2.24) is 30.3 Å². The van der Waals surface area contributed by atoms with Gasteiger partial charge in [-0.05, 0) is 31.8 Å². The summed E-state index contributed by atoms with van der Waals surface area (Å²) < 4.78 is 1.76. The fourth-order valence-corrected chi connectivity index (χ4v) is 2.70. The normalized spacial score (nSPS) is 20.0. The van der Waals surface area contributed by atoms with E-state index < -0.39 is 0 Å². The van der Waals surface area contributed by atoms with E-state index in [0.717, 1.165) is 18.3 Å². The second kappa shape index (κ2) is 7.97. The van der Waals surface area contributed by atoms with E-state index in [1.54, 1.807) is 18.1 Å². The molecule has 0 amide bonds. The third kappa shape index (κ3) is 4.70. The van der Waals surface area contributed by atoms with Crippen molar-refractivity contribution in [3.8, 4) is 0 Å². The van der Waals surface area contributed by atoms with Gasteiger partial charge in [-0.3, -0.25) is 9.67 Å². The second-order valence-corrected chi connectivity index (χ2v) is 5.56. The Bertz CT molecular complexity index is 454. The predicted octanol–water partition coefficient (Wildman–Crippen LogP) is 0.212. The van der Waals surface area contributed by atoms with Gasteiger partial charge >= 0.3 is 0 Å². The molecule has 2 N–H and O–H groups in total. The minimum absolute atomic E-state index is 0.628. The first-order valence-electron chi connectivity index (χ1n) is 7.72. The number of hydrogen-bond donors (Lipinski definition) is 2. The highest BCUT2D eigenvalue weighted by atomic mass is 15.3. The van der Waals surface area contributed by atoms with Gasteiger partial charge in [0.05, 0.1) is 6.54 Å². The van der Waals surface area contributed by atoms with Crippen molar-refractivity contribution in [2.75, 3.05) is 33.2 Å². The number of aromatic nitrogens is 3. The smallest absolute Gasteiger partial charge is 0.191 e. The van der Waals surface area contributed by atoms with E-state index in [0.29, 0.717) is 12.5 Å². The molecule has 1 saturated heterocycles. The molecule has 1 unspecified atom stereocenters. The molecular weight excluding hydrogens is 266 g/mol. The van der Waals surface area contributed by atoms with E-state index in [1.807, 2.05) is 7.05 Å². The molecule has 21 heavy (non-hydrogen) atoms. The van der Waals surface area contributed by atoms with Crippen LogP contribution in [0, 0.1) is 5.92 Å². The lowest BCUT2D eigenvalue weighted by molar-refractivity contribution is 0.324. The Morgan fingerprint density at radius 3 is 3.00 bits per heavy atom. The Kier molecular flexibility index (Phi) is 5.98. The molecule has 7 nitrogen and oxygen atoms in total. The van der Waals surface area contributed by atoms with Crippen molar-refractivity contribution in [3.63, 3.8) is 0 Å². The largest absolute Gasteiger partial charge is 0.356 e. The molecule has 7 heteroatoms. The van der Waals surface area contributed by atoms with Crippen LogP contribution < -0.4 is 10.6 Å². The minimum Gasteiger partial charge on any atom is -0.356 e. The Hall–Kier alpha value is -1.63. The van der Waals surface area contributed by atoms with Gasteiger partial charge in [0.1, 0.15) is 12.2 Å². The molecule has 1 aromatic heterocycles. The predicted molar refractivity (Wildman–Crippen MR) is 84.0 cm³/mol. The first-order chi connectivity index (χ1) is 10.2. The molecule has 118 valence electrons. The molecule has 1 atom stereocenters. The monoisotopic (exact) mass is 293 g/mol. The van der Waals surface area contributed by atoms with Crippen LogP contribution in [0.15, 0.2) is 11.3 Å². The Morgan fingerprint density at radius 2 is 2.33 bits per heavy atom. The summed E-state index contributed by atoms with van der Waals surface area (Å²) in [6.07, 6.45) is 4.07. The van der Waals surface area contributed by atoms with Crippen LogP contribution in [0.1, 0.15) is 25.6 Å². The zero-order valence-electron chi connectivity index (χ0n) is 13.3. The van der Waals surface area contributed by atoms with Crippen molar-refractivity contribution in [2.45, 2.75) is 26.3 Å². The third-order valence-corrected chi connectivity index (χ3v) is 3.91. The average molecular weight is 293 g/mol. The molecule has 1 aromatic rings. The molecule has 0 aliphatic carbocycles. The van der Waals surface area contributed by atoms with Crippen molar-refractivity contribution in [2.24, 2.45) is 18.0 Å². The minimum atomic E-state index is 0.628. The zero-order chi connectivity index (χ0) is 15.1. The first kappa shape index (κ1) is 15.8. The molecule has 0 saturated carbocycles. The highest BCUT2D eigenvalue weighted by Crippen LogP contribution is 2.15.